The Balaban J connectivity index is 1.71. The Morgan fingerprint density at radius 1 is 1.15 bits per heavy atom. The van der Waals surface area contributed by atoms with Crippen molar-refractivity contribution in [1.29, 1.82) is 0 Å². The van der Waals surface area contributed by atoms with E-state index in [0.29, 0.717) is 5.82 Å². The maximum atomic E-state index is 12.3. The lowest BCUT2D eigenvalue weighted by Crippen LogP contribution is -2.15. The minimum absolute atomic E-state index is 0.139. The zero-order valence-corrected chi connectivity index (χ0v) is 14.9. The van der Waals surface area contributed by atoms with Crippen LogP contribution in [0.3, 0.4) is 0 Å². The van der Waals surface area contributed by atoms with Crippen molar-refractivity contribution in [3.63, 3.8) is 0 Å². The van der Waals surface area contributed by atoms with Crippen molar-refractivity contribution in [2.75, 3.05) is 19.5 Å². The van der Waals surface area contributed by atoms with Gasteiger partial charge in [-0.3, -0.25) is 4.79 Å². The average molecular weight is 351 g/mol. The van der Waals surface area contributed by atoms with Crippen LogP contribution in [-0.2, 0) is 16.0 Å². The highest BCUT2D eigenvalue weighted by molar-refractivity contribution is 5.91. The van der Waals surface area contributed by atoms with Gasteiger partial charge in [0.1, 0.15) is 23.7 Å². The van der Waals surface area contributed by atoms with Crippen LogP contribution in [0.25, 0.3) is 5.57 Å². The van der Waals surface area contributed by atoms with E-state index in [1.165, 1.54) is 6.33 Å². The number of anilines is 1. The molecule has 1 aromatic heterocycles. The van der Waals surface area contributed by atoms with Crippen molar-refractivity contribution in [2.24, 2.45) is 0 Å². The molecule has 134 valence electrons. The predicted octanol–water partition coefficient (Wildman–Crippen LogP) is 3.37. The van der Waals surface area contributed by atoms with Gasteiger partial charge in [-0.15, -0.1) is 0 Å². The summed E-state index contributed by atoms with van der Waals surface area (Å²) in [5, 5.41) is 2.82. The first-order valence-electron chi connectivity index (χ1n) is 8.38. The Labute approximate surface area is 152 Å². The number of allylic oxidation sites excluding steroid dienone is 4. The van der Waals surface area contributed by atoms with Gasteiger partial charge in [0.2, 0.25) is 5.91 Å². The number of carbonyl (C=O) groups excluding carboxylic acids is 1. The summed E-state index contributed by atoms with van der Waals surface area (Å²) in [5.74, 6) is 1.98. The van der Waals surface area contributed by atoms with Gasteiger partial charge >= 0.3 is 0 Å². The van der Waals surface area contributed by atoms with Crippen LogP contribution in [-0.4, -0.2) is 30.1 Å². The van der Waals surface area contributed by atoms with Gasteiger partial charge in [0.05, 0.1) is 26.3 Å². The van der Waals surface area contributed by atoms with E-state index in [9.17, 15) is 4.79 Å². The number of nitrogens with one attached hydrogen (secondary N) is 1. The molecule has 26 heavy (non-hydrogen) atoms. The quantitative estimate of drug-likeness (QED) is 0.864. The number of hydrogen-bond acceptors (Lipinski definition) is 5. The molecule has 1 aliphatic rings. The van der Waals surface area contributed by atoms with E-state index in [0.717, 1.165) is 41.2 Å². The summed E-state index contributed by atoms with van der Waals surface area (Å²) in [6, 6.07) is 9.16. The molecule has 0 fully saturated rings. The molecule has 0 unspecified atom stereocenters. The topological polar surface area (TPSA) is 73.3 Å². The molecular formula is C20H21N3O3. The Kier molecular flexibility index (Phi) is 5.63. The molecule has 2 aromatic rings. The molecule has 0 aliphatic heterocycles. The second-order valence-corrected chi connectivity index (χ2v) is 5.84. The van der Waals surface area contributed by atoms with Gasteiger partial charge in [0, 0.05) is 18.1 Å². The summed E-state index contributed by atoms with van der Waals surface area (Å²) in [5.41, 5.74) is 2.55. The number of ether oxygens (including phenoxy) is 2. The van der Waals surface area contributed by atoms with Gasteiger partial charge in [-0.1, -0.05) is 24.3 Å². The van der Waals surface area contributed by atoms with Crippen molar-refractivity contribution >= 4 is 17.3 Å². The molecule has 0 bridgehead atoms. The normalized spacial score (nSPS) is 13.5. The fourth-order valence-corrected chi connectivity index (χ4v) is 2.77. The van der Waals surface area contributed by atoms with Crippen LogP contribution in [0.2, 0.25) is 0 Å². The zero-order chi connectivity index (χ0) is 18.4. The lowest BCUT2D eigenvalue weighted by atomic mass is 10.0. The van der Waals surface area contributed by atoms with Gasteiger partial charge in [-0.25, -0.2) is 9.97 Å². The Morgan fingerprint density at radius 2 is 1.96 bits per heavy atom. The molecule has 0 spiro atoms. The maximum absolute atomic E-state index is 12.3. The SMILES string of the molecule is COC1=C(c2cc(NC(=O)Cc3ccc(OC)cc3)ncn2)C=CCC1. The standard InChI is InChI=1S/C20H21N3O3/c1-25-15-9-7-14(8-10-15)11-20(24)23-19-12-17(21-13-22-19)16-5-3-4-6-18(16)26-2/h3,5,7-10,12-13H,4,6,11H2,1-2H3,(H,21,22,23,24). The Bertz CT molecular complexity index is 842. The van der Waals surface area contributed by atoms with Crippen LogP contribution in [0.1, 0.15) is 24.1 Å². The van der Waals surface area contributed by atoms with Gasteiger partial charge in [-0.2, -0.15) is 0 Å². The largest absolute Gasteiger partial charge is 0.500 e. The Hall–Kier alpha value is -3.15. The summed E-state index contributed by atoms with van der Waals surface area (Å²) in [4.78, 5) is 20.7. The van der Waals surface area contributed by atoms with Gasteiger partial charge in [0.25, 0.3) is 0 Å². The van der Waals surface area contributed by atoms with Crippen molar-refractivity contribution < 1.29 is 14.3 Å². The third-order valence-electron chi connectivity index (χ3n) is 4.10. The van der Waals surface area contributed by atoms with Crippen LogP contribution >= 0.6 is 0 Å². The number of carbonyl (C=O) groups is 1. The molecule has 6 heteroatoms. The third kappa shape index (κ3) is 4.27. The molecule has 1 N–H and O–H groups in total. The number of amides is 1. The smallest absolute Gasteiger partial charge is 0.229 e. The first-order chi connectivity index (χ1) is 12.7. The van der Waals surface area contributed by atoms with Gasteiger partial charge in [-0.05, 0) is 24.1 Å². The van der Waals surface area contributed by atoms with Crippen LogP contribution < -0.4 is 10.1 Å². The molecule has 0 radical (unpaired) electrons. The van der Waals surface area contributed by atoms with E-state index in [1.807, 2.05) is 30.3 Å². The van der Waals surface area contributed by atoms with E-state index < -0.39 is 0 Å². The average Bonchev–Trinajstić information content (AvgIpc) is 2.68. The molecule has 1 aromatic carbocycles. The summed E-state index contributed by atoms with van der Waals surface area (Å²) in [6.07, 6.45) is 7.57. The monoisotopic (exact) mass is 351 g/mol. The van der Waals surface area contributed by atoms with Crippen LogP contribution in [0, 0.1) is 0 Å². The van der Waals surface area contributed by atoms with Crippen LogP contribution in [0.15, 0.2) is 54.6 Å². The number of benzene rings is 1. The van der Waals surface area contributed by atoms with Gasteiger partial charge < -0.3 is 14.8 Å². The molecule has 3 rings (SSSR count). The van der Waals surface area contributed by atoms with Crippen molar-refractivity contribution in [3.8, 4) is 5.75 Å². The van der Waals surface area contributed by atoms with Crippen LogP contribution in [0.4, 0.5) is 5.82 Å². The molecule has 0 atom stereocenters. The fraction of sp³-hybridized carbons (Fsp3) is 0.250. The molecule has 0 saturated carbocycles. The number of methoxy groups -OCH3 is 2. The maximum Gasteiger partial charge on any atom is 0.229 e. The van der Waals surface area contributed by atoms with E-state index in [-0.39, 0.29) is 12.3 Å². The molecule has 0 saturated heterocycles. The second kappa shape index (κ2) is 8.29. The number of aromatic nitrogens is 2. The van der Waals surface area contributed by atoms with E-state index in [2.05, 4.69) is 21.4 Å². The lowest BCUT2D eigenvalue weighted by Gasteiger charge is -2.14. The highest BCUT2D eigenvalue weighted by atomic mass is 16.5. The first-order valence-corrected chi connectivity index (χ1v) is 8.38. The van der Waals surface area contributed by atoms with Crippen LogP contribution in [0.5, 0.6) is 5.75 Å². The highest BCUT2D eigenvalue weighted by Gasteiger charge is 2.14. The molecule has 1 amide bonds. The zero-order valence-electron chi connectivity index (χ0n) is 14.9. The lowest BCUT2D eigenvalue weighted by molar-refractivity contribution is -0.115. The number of rotatable bonds is 6. The fourth-order valence-electron chi connectivity index (χ4n) is 2.77. The van der Waals surface area contributed by atoms with E-state index >= 15 is 0 Å². The predicted molar refractivity (Wildman–Crippen MR) is 99.7 cm³/mol. The minimum Gasteiger partial charge on any atom is -0.500 e. The summed E-state index contributed by atoms with van der Waals surface area (Å²) < 4.78 is 10.6. The number of nitrogens with zero attached hydrogens (tertiary/aromatic N) is 2. The van der Waals surface area contributed by atoms with Gasteiger partial charge in [0.15, 0.2) is 0 Å². The second-order valence-electron chi connectivity index (χ2n) is 5.84. The minimum atomic E-state index is -0.139. The summed E-state index contributed by atoms with van der Waals surface area (Å²) >= 11 is 0. The molecule has 6 nitrogen and oxygen atoms in total. The highest BCUT2D eigenvalue weighted by Crippen LogP contribution is 2.27. The Morgan fingerprint density at radius 3 is 2.69 bits per heavy atom. The summed E-state index contributed by atoms with van der Waals surface area (Å²) in [7, 11) is 3.27. The van der Waals surface area contributed by atoms with Crippen molar-refractivity contribution in [2.45, 2.75) is 19.3 Å². The summed E-state index contributed by atoms with van der Waals surface area (Å²) in [6.45, 7) is 0. The van der Waals surface area contributed by atoms with Crippen molar-refractivity contribution in [3.05, 3.63) is 65.8 Å². The van der Waals surface area contributed by atoms with E-state index in [4.69, 9.17) is 9.47 Å². The van der Waals surface area contributed by atoms with E-state index in [1.54, 1.807) is 20.3 Å². The number of hydrogen-bond donors (Lipinski definition) is 1. The third-order valence-corrected chi connectivity index (χ3v) is 4.10. The molecular weight excluding hydrogens is 330 g/mol. The molecule has 1 heterocycles. The molecule has 1 aliphatic carbocycles. The van der Waals surface area contributed by atoms with Crippen molar-refractivity contribution in [1.82, 2.24) is 9.97 Å². The first kappa shape index (κ1) is 17.7.